The Balaban J connectivity index is 1.81. The third-order valence-electron chi connectivity index (χ3n) is 4.24. The van der Waals surface area contributed by atoms with Crippen molar-refractivity contribution in [2.75, 3.05) is 13.2 Å². The molecule has 146 valence electrons. The van der Waals surface area contributed by atoms with E-state index in [1.807, 2.05) is 17.0 Å². The number of hydrogen-bond acceptors (Lipinski definition) is 7. The van der Waals surface area contributed by atoms with Crippen LogP contribution in [-0.2, 0) is 22.7 Å². The predicted octanol–water partition coefficient (Wildman–Crippen LogP) is 2.75. The van der Waals surface area contributed by atoms with E-state index in [0.717, 1.165) is 10.9 Å². The number of ether oxygens (including phenoxy) is 1. The molecule has 3 aromatic rings. The quantitative estimate of drug-likeness (QED) is 0.318. The highest BCUT2D eigenvalue weighted by Gasteiger charge is 2.15. The van der Waals surface area contributed by atoms with E-state index in [4.69, 9.17) is 4.74 Å². The number of nitro benzene ring substituents is 1. The van der Waals surface area contributed by atoms with Crippen molar-refractivity contribution >= 4 is 22.6 Å². The molecule has 9 heteroatoms. The monoisotopic (exact) mass is 383 g/mol. The topological polar surface area (TPSA) is 103 Å². The Labute approximate surface area is 161 Å². The van der Waals surface area contributed by atoms with Gasteiger partial charge < -0.3 is 4.74 Å². The van der Waals surface area contributed by atoms with E-state index in [9.17, 15) is 14.9 Å². The van der Waals surface area contributed by atoms with E-state index in [1.54, 1.807) is 36.3 Å². The van der Waals surface area contributed by atoms with Gasteiger partial charge in [0.2, 0.25) is 0 Å². The largest absolute Gasteiger partial charge is 0.466 e. The van der Waals surface area contributed by atoms with Crippen LogP contribution >= 0.6 is 0 Å². The van der Waals surface area contributed by atoms with E-state index < -0.39 is 4.92 Å². The molecule has 0 spiro atoms. The van der Waals surface area contributed by atoms with Crippen LogP contribution in [0.15, 0.2) is 48.9 Å². The van der Waals surface area contributed by atoms with Crippen LogP contribution in [0, 0.1) is 10.1 Å². The van der Waals surface area contributed by atoms with Crippen molar-refractivity contribution in [3.63, 3.8) is 0 Å². The van der Waals surface area contributed by atoms with Crippen LogP contribution in [0.4, 0.5) is 5.69 Å². The van der Waals surface area contributed by atoms with Gasteiger partial charge in [-0.3, -0.25) is 29.5 Å². The number of benzene rings is 1. The fourth-order valence-corrected chi connectivity index (χ4v) is 2.91. The first-order chi connectivity index (χ1) is 13.6. The van der Waals surface area contributed by atoms with Crippen molar-refractivity contribution in [1.82, 2.24) is 19.7 Å². The molecule has 3 rings (SSSR count). The third-order valence-corrected chi connectivity index (χ3v) is 4.24. The summed E-state index contributed by atoms with van der Waals surface area (Å²) in [5, 5.41) is 16.3. The molecule has 9 nitrogen and oxygen atoms in total. The van der Waals surface area contributed by atoms with E-state index in [2.05, 4.69) is 10.1 Å². The zero-order valence-corrected chi connectivity index (χ0v) is 15.5. The lowest BCUT2D eigenvalue weighted by Gasteiger charge is -2.22. The fraction of sp³-hybridized carbons (Fsp3) is 0.316. The molecule has 0 unspecified atom stereocenters. The summed E-state index contributed by atoms with van der Waals surface area (Å²) in [5.41, 5.74) is 1.68. The minimum atomic E-state index is -0.426. The summed E-state index contributed by atoms with van der Waals surface area (Å²) in [4.78, 5) is 28.6. The second-order valence-corrected chi connectivity index (χ2v) is 6.25. The van der Waals surface area contributed by atoms with Gasteiger partial charge in [0.05, 0.1) is 36.3 Å². The molecule has 0 fully saturated rings. The van der Waals surface area contributed by atoms with E-state index in [1.165, 1.54) is 12.1 Å². The second kappa shape index (κ2) is 9.05. The number of hydrogen-bond donors (Lipinski definition) is 0. The highest BCUT2D eigenvalue weighted by atomic mass is 16.6. The Morgan fingerprint density at radius 1 is 1.32 bits per heavy atom. The summed E-state index contributed by atoms with van der Waals surface area (Å²) >= 11 is 0. The first-order valence-electron chi connectivity index (χ1n) is 8.93. The Morgan fingerprint density at radius 3 is 2.89 bits per heavy atom. The maximum absolute atomic E-state index is 11.8. The molecule has 0 atom stereocenters. The first-order valence-corrected chi connectivity index (χ1v) is 8.93. The van der Waals surface area contributed by atoms with Gasteiger partial charge in [-0.05, 0) is 24.6 Å². The maximum atomic E-state index is 11.8. The highest BCUT2D eigenvalue weighted by molar-refractivity contribution is 5.80. The van der Waals surface area contributed by atoms with Gasteiger partial charge in [-0.15, -0.1) is 0 Å². The van der Waals surface area contributed by atoms with Crippen LogP contribution < -0.4 is 0 Å². The van der Waals surface area contributed by atoms with E-state index in [0.29, 0.717) is 31.9 Å². The van der Waals surface area contributed by atoms with Crippen molar-refractivity contribution in [2.24, 2.45) is 0 Å². The van der Waals surface area contributed by atoms with E-state index >= 15 is 0 Å². The first kappa shape index (κ1) is 19.4. The molecule has 0 bridgehead atoms. The highest BCUT2D eigenvalue weighted by Crippen LogP contribution is 2.21. The molecule has 0 saturated heterocycles. The Bertz CT molecular complexity index is 957. The van der Waals surface area contributed by atoms with Crippen molar-refractivity contribution in [3.05, 3.63) is 64.6 Å². The van der Waals surface area contributed by atoms with Crippen LogP contribution in [0.2, 0.25) is 0 Å². The van der Waals surface area contributed by atoms with Gasteiger partial charge in [-0.25, -0.2) is 0 Å². The minimum Gasteiger partial charge on any atom is -0.466 e. The summed E-state index contributed by atoms with van der Waals surface area (Å²) in [7, 11) is 0. The van der Waals surface area contributed by atoms with Gasteiger partial charge in [0.15, 0.2) is 0 Å². The zero-order valence-electron chi connectivity index (χ0n) is 15.5. The number of fused-ring (bicyclic) bond motifs is 1. The number of nitro groups is 1. The molecule has 0 aliphatic carbocycles. The lowest BCUT2D eigenvalue weighted by atomic mass is 10.2. The Hall–Kier alpha value is -3.33. The van der Waals surface area contributed by atoms with Crippen molar-refractivity contribution < 1.29 is 14.5 Å². The van der Waals surface area contributed by atoms with Crippen LogP contribution in [-0.4, -0.2) is 43.7 Å². The molecule has 28 heavy (non-hydrogen) atoms. The number of esters is 1. The summed E-state index contributed by atoms with van der Waals surface area (Å²) in [6, 6.07) is 8.46. The number of pyridine rings is 1. The Kier molecular flexibility index (Phi) is 6.28. The molecular weight excluding hydrogens is 362 g/mol. The van der Waals surface area contributed by atoms with Gasteiger partial charge in [-0.2, -0.15) is 5.10 Å². The zero-order chi connectivity index (χ0) is 19.9. The van der Waals surface area contributed by atoms with Crippen LogP contribution in [0.1, 0.15) is 18.9 Å². The van der Waals surface area contributed by atoms with E-state index in [-0.39, 0.29) is 18.1 Å². The lowest BCUT2D eigenvalue weighted by Crippen LogP contribution is -2.29. The van der Waals surface area contributed by atoms with Gasteiger partial charge in [0.25, 0.3) is 5.69 Å². The molecule has 0 amide bonds. The van der Waals surface area contributed by atoms with Crippen molar-refractivity contribution in [3.8, 4) is 0 Å². The maximum Gasteiger partial charge on any atom is 0.307 e. The molecule has 0 aliphatic heterocycles. The van der Waals surface area contributed by atoms with Crippen LogP contribution in [0.5, 0.6) is 0 Å². The van der Waals surface area contributed by atoms with Gasteiger partial charge in [-0.1, -0.05) is 6.07 Å². The third kappa shape index (κ3) is 4.89. The number of aromatic nitrogens is 3. The standard InChI is InChI=1S/C19H21N5O4/c1-2-28-19(25)7-9-22(13-15-4-3-8-20-11-15)14-23-18-10-17(24(26)27)6-5-16(18)12-21-23/h3-6,8,10-12H,2,7,9,13-14H2,1H3. The van der Waals surface area contributed by atoms with Crippen LogP contribution in [0.25, 0.3) is 10.9 Å². The lowest BCUT2D eigenvalue weighted by molar-refractivity contribution is -0.384. The fourth-order valence-electron chi connectivity index (χ4n) is 2.91. The molecule has 2 heterocycles. The van der Waals surface area contributed by atoms with Gasteiger partial charge >= 0.3 is 5.97 Å². The Morgan fingerprint density at radius 2 is 2.18 bits per heavy atom. The van der Waals surface area contributed by atoms with Gasteiger partial charge in [0.1, 0.15) is 0 Å². The normalized spacial score (nSPS) is 11.1. The smallest absolute Gasteiger partial charge is 0.307 e. The number of nitrogens with zero attached hydrogens (tertiary/aromatic N) is 5. The molecule has 0 N–H and O–H groups in total. The predicted molar refractivity (Wildman–Crippen MR) is 102 cm³/mol. The molecule has 0 saturated carbocycles. The number of carbonyl (C=O) groups is 1. The SMILES string of the molecule is CCOC(=O)CCN(Cc1cccnc1)Cn1ncc2ccc([N+](=O)[O-])cc21. The second-order valence-electron chi connectivity index (χ2n) is 6.25. The van der Waals surface area contributed by atoms with Crippen LogP contribution in [0.3, 0.4) is 0 Å². The molecular formula is C19H21N5O4. The summed E-state index contributed by atoms with van der Waals surface area (Å²) in [5.74, 6) is -0.264. The summed E-state index contributed by atoms with van der Waals surface area (Å²) in [6.07, 6.45) is 5.39. The molecule has 1 aromatic carbocycles. The molecule has 0 aliphatic rings. The number of rotatable bonds is 9. The number of non-ortho nitro benzene ring substituents is 1. The average molecular weight is 383 g/mol. The summed E-state index contributed by atoms with van der Waals surface area (Å²) < 4.78 is 6.71. The summed E-state index contributed by atoms with van der Waals surface area (Å²) in [6.45, 7) is 3.51. The number of carbonyl (C=O) groups excluding carboxylic acids is 1. The van der Waals surface area contributed by atoms with Crippen molar-refractivity contribution in [1.29, 1.82) is 0 Å². The van der Waals surface area contributed by atoms with Gasteiger partial charge in [0, 0.05) is 43.0 Å². The average Bonchev–Trinajstić information content (AvgIpc) is 3.09. The minimum absolute atomic E-state index is 0.0135. The molecule has 0 radical (unpaired) electrons. The van der Waals surface area contributed by atoms with Crippen molar-refractivity contribution in [2.45, 2.75) is 26.6 Å². The molecule has 2 aromatic heterocycles.